The number of aromatic nitrogens is 4. The zero-order valence-corrected chi connectivity index (χ0v) is 11.3. The Hall–Kier alpha value is -2.21. The van der Waals surface area contributed by atoms with E-state index in [4.69, 9.17) is 5.73 Å². The van der Waals surface area contributed by atoms with Gasteiger partial charge in [-0.05, 0) is 19.1 Å². The summed E-state index contributed by atoms with van der Waals surface area (Å²) in [7, 11) is 0. The number of aryl methyl sites for hydroxylation is 1. The summed E-state index contributed by atoms with van der Waals surface area (Å²) in [5, 5.41) is 7.15. The Morgan fingerprint density at radius 2 is 2.32 bits per heavy atom. The standard InChI is InChI=1S/C13H13N5S/c1-2-18-7-9(6-16-18)11-8-19-13(17-11)10-4-3-5-15-12(10)14/h3-8H,2H2,1H3,(H2,14,15). The first-order valence-electron chi connectivity index (χ1n) is 5.97. The van der Waals surface area contributed by atoms with Gasteiger partial charge in [0.05, 0.1) is 17.5 Å². The van der Waals surface area contributed by atoms with Gasteiger partial charge in [-0.15, -0.1) is 11.3 Å². The summed E-state index contributed by atoms with van der Waals surface area (Å²) in [5.74, 6) is 0.507. The first kappa shape index (κ1) is 11.9. The molecule has 0 radical (unpaired) electrons. The van der Waals surface area contributed by atoms with E-state index in [-0.39, 0.29) is 0 Å². The molecule has 2 N–H and O–H groups in total. The fourth-order valence-electron chi connectivity index (χ4n) is 1.80. The number of rotatable bonds is 3. The van der Waals surface area contributed by atoms with E-state index in [1.165, 1.54) is 0 Å². The largest absolute Gasteiger partial charge is 0.383 e. The van der Waals surface area contributed by atoms with Crippen molar-refractivity contribution in [1.29, 1.82) is 0 Å². The van der Waals surface area contributed by atoms with Crippen LogP contribution in [-0.4, -0.2) is 19.7 Å². The lowest BCUT2D eigenvalue weighted by atomic mass is 10.2. The monoisotopic (exact) mass is 271 g/mol. The molecule has 3 aromatic heterocycles. The second-order valence-corrected chi connectivity index (χ2v) is 4.92. The molecule has 6 heteroatoms. The van der Waals surface area contributed by atoms with Gasteiger partial charge in [-0.2, -0.15) is 5.10 Å². The van der Waals surface area contributed by atoms with E-state index in [1.54, 1.807) is 17.5 Å². The quantitative estimate of drug-likeness (QED) is 0.795. The van der Waals surface area contributed by atoms with Crippen LogP contribution in [0.2, 0.25) is 0 Å². The second kappa shape index (κ2) is 4.81. The number of nitrogen functional groups attached to an aromatic ring is 1. The van der Waals surface area contributed by atoms with Crippen molar-refractivity contribution in [1.82, 2.24) is 19.7 Å². The highest BCUT2D eigenvalue weighted by Gasteiger charge is 2.10. The third-order valence-corrected chi connectivity index (χ3v) is 3.70. The molecule has 0 fully saturated rings. The zero-order valence-electron chi connectivity index (χ0n) is 10.4. The van der Waals surface area contributed by atoms with Crippen molar-refractivity contribution in [3.05, 3.63) is 36.1 Å². The van der Waals surface area contributed by atoms with Crippen molar-refractivity contribution in [2.45, 2.75) is 13.5 Å². The van der Waals surface area contributed by atoms with Gasteiger partial charge in [0.1, 0.15) is 10.8 Å². The predicted octanol–water partition coefficient (Wildman–Crippen LogP) is 2.67. The Labute approximate surface area is 114 Å². The highest BCUT2D eigenvalue weighted by atomic mass is 32.1. The Bertz CT molecular complexity index is 700. The Morgan fingerprint density at radius 3 is 3.05 bits per heavy atom. The molecule has 0 saturated carbocycles. The van der Waals surface area contributed by atoms with Crippen molar-refractivity contribution < 1.29 is 0 Å². The summed E-state index contributed by atoms with van der Waals surface area (Å²) in [5.41, 5.74) is 8.68. The van der Waals surface area contributed by atoms with Crippen molar-refractivity contribution >= 4 is 17.2 Å². The van der Waals surface area contributed by atoms with Gasteiger partial charge in [0.15, 0.2) is 0 Å². The average Bonchev–Trinajstić information content (AvgIpc) is 3.08. The molecule has 19 heavy (non-hydrogen) atoms. The maximum Gasteiger partial charge on any atom is 0.133 e. The van der Waals surface area contributed by atoms with E-state index >= 15 is 0 Å². The van der Waals surface area contributed by atoms with E-state index in [1.807, 2.05) is 34.6 Å². The van der Waals surface area contributed by atoms with E-state index < -0.39 is 0 Å². The van der Waals surface area contributed by atoms with E-state index in [2.05, 4.69) is 22.0 Å². The van der Waals surface area contributed by atoms with Crippen LogP contribution in [0.25, 0.3) is 21.8 Å². The summed E-state index contributed by atoms with van der Waals surface area (Å²) >= 11 is 1.56. The first-order chi connectivity index (χ1) is 9.28. The van der Waals surface area contributed by atoms with E-state index in [9.17, 15) is 0 Å². The van der Waals surface area contributed by atoms with Gasteiger partial charge in [-0.3, -0.25) is 4.68 Å². The number of nitrogens with zero attached hydrogens (tertiary/aromatic N) is 4. The maximum absolute atomic E-state index is 5.87. The van der Waals surface area contributed by atoms with Crippen LogP contribution in [0.4, 0.5) is 5.82 Å². The number of nitrogens with two attached hydrogens (primary N) is 1. The first-order valence-corrected chi connectivity index (χ1v) is 6.85. The summed E-state index contributed by atoms with van der Waals surface area (Å²) in [6.07, 6.45) is 5.50. The molecule has 3 aromatic rings. The molecule has 0 aliphatic rings. The molecule has 0 amide bonds. The van der Waals surface area contributed by atoms with Gasteiger partial charge in [-0.25, -0.2) is 9.97 Å². The van der Waals surface area contributed by atoms with Crippen molar-refractivity contribution in [3.63, 3.8) is 0 Å². The minimum atomic E-state index is 0.507. The summed E-state index contributed by atoms with van der Waals surface area (Å²) in [4.78, 5) is 8.69. The number of anilines is 1. The SMILES string of the molecule is CCn1cc(-c2csc(-c3cccnc3N)n2)cn1. The van der Waals surface area contributed by atoms with E-state index in [0.717, 1.165) is 28.4 Å². The molecule has 3 rings (SSSR count). The molecule has 96 valence electrons. The molecule has 0 spiro atoms. The second-order valence-electron chi connectivity index (χ2n) is 4.06. The van der Waals surface area contributed by atoms with Crippen LogP contribution >= 0.6 is 11.3 Å². The zero-order chi connectivity index (χ0) is 13.2. The smallest absolute Gasteiger partial charge is 0.133 e. The Kier molecular flexibility index (Phi) is 3.00. The third kappa shape index (κ3) is 2.22. The van der Waals surface area contributed by atoms with Crippen LogP contribution in [-0.2, 0) is 6.54 Å². The third-order valence-electron chi connectivity index (χ3n) is 2.83. The highest BCUT2D eigenvalue weighted by molar-refractivity contribution is 7.13. The minimum absolute atomic E-state index is 0.507. The van der Waals surface area contributed by atoms with Gasteiger partial charge >= 0.3 is 0 Å². The number of hydrogen-bond acceptors (Lipinski definition) is 5. The molecule has 0 aliphatic heterocycles. The molecule has 0 saturated heterocycles. The Morgan fingerprint density at radius 1 is 1.42 bits per heavy atom. The molecule has 3 heterocycles. The molecule has 5 nitrogen and oxygen atoms in total. The molecular formula is C13H13N5S. The molecule has 0 atom stereocenters. The molecule has 0 aromatic carbocycles. The maximum atomic E-state index is 5.87. The summed E-state index contributed by atoms with van der Waals surface area (Å²) in [6, 6.07) is 3.79. The normalized spacial score (nSPS) is 10.8. The van der Waals surface area contributed by atoms with Crippen molar-refractivity contribution in [2.24, 2.45) is 0 Å². The fraction of sp³-hybridized carbons (Fsp3) is 0.154. The minimum Gasteiger partial charge on any atom is -0.383 e. The lowest BCUT2D eigenvalue weighted by Gasteiger charge is -1.98. The number of thiazole rings is 1. The topological polar surface area (TPSA) is 69.6 Å². The fourth-order valence-corrected chi connectivity index (χ4v) is 2.66. The molecule has 0 aliphatic carbocycles. The van der Waals surface area contributed by atoms with Crippen LogP contribution < -0.4 is 5.73 Å². The molecule has 0 unspecified atom stereocenters. The number of pyridine rings is 1. The van der Waals surface area contributed by atoms with Crippen molar-refractivity contribution in [3.8, 4) is 21.8 Å². The van der Waals surface area contributed by atoms with Crippen LogP contribution in [0.15, 0.2) is 36.1 Å². The van der Waals surface area contributed by atoms with Gasteiger partial charge in [0, 0.05) is 29.9 Å². The van der Waals surface area contributed by atoms with Crippen LogP contribution in [0.3, 0.4) is 0 Å². The average molecular weight is 271 g/mol. The van der Waals surface area contributed by atoms with Crippen molar-refractivity contribution in [2.75, 3.05) is 5.73 Å². The highest BCUT2D eigenvalue weighted by Crippen LogP contribution is 2.30. The van der Waals surface area contributed by atoms with Crippen LogP contribution in [0.5, 0.6) is 0 Å². The lowest BCUT2D eigenvalue weighted by Crippen LogP contribution is -1.92. The van der Waals surface area contributed by atoms with Gasteiger partial charge in [0.25, 0.3) is 0 Å². The van der Waals surface area contributed by atoms with Gasteiger partial charge in [0.2, 0.25) is 0 Å². The van der Waals surface area contributed by atoms with Crippen LogP contribution in [0.1, 0.15) is 6.92 Å². The Balaban J connectivity index is 1.97. The van der Waals surface area contributed by atoms with E-state index in [0.29, 0.717) is 5.82 Å². The molecular weight excluding hydrogens is 258 g/mol. The molecule has 0 bridgehead atoms. The van der Waals surface area contributed by atoms with Gasteiger partial charge in [-0.1, -0.05) is 0 Å². The predicted molar refractivity (Wildman–Crippen MR) is 76.7 cm³/mol. The lowest BCUT2D eigenvalue weighted by molar-refractivity contribution is 0.660. The summed E-state index contributed by atoms with van der Waals surface area (Å²) in [6.45, 7) is 2.91. The van der Waals surface area contributed by atoms with Crippen LogP contribution in [0, 0.1) is 0 Å². The summed E-state index contributed by atoms with van der Waals surface area (Å²) < 4.78 is 1.88. The van der Waals surface area contributed by atoms with Gasteiger partial charge < -0.3 is 5.73 Å². The number of hydrogen-bond donors (Lipinski definition) is 1.